The number of aromatic nitrogens is 2. The molecular weight excluding hydrogens is 228 g/mol. The number of ether oxygens (including phenoxy) is 1. The molecule has 2 atom stereocenters. The lowest BCUT2D eigenvalue weighted by molar-refractivity contribution is 0.0904. The number of hydrogen-bond acceptors (Lipinski definition) is 3. The maximum absolute atomic E-state index is 12.6. The van der Waals surface area contributed by atoms with Crippen LogP contribution in [0.25, 0.3) is 0 Å². The van der Waals surface area contributed by atoms with Gasteiger partial charge in [-0.2, -0.15) is 5.10 Å². The Hall–Kier alpha value is -1.32. The van der Waals surface area contributed by atoms with Gasteiger partial charge in [-0.15, -0.1) is 0 Å². The fourth-order valence-electron chi connectivity index (χ4n) is 2.76. The van der Waals surface area contributed by atoms with Crippen LogP contribution < -0.4 is 4.74 Å². The molecule has 1 saturated carbocycles. The summed E-state index contributed by atoms with van der Waals surface area (Å²) in [5.74, 6) is 1.60. The van der Waals surface area contributed by atoms with Crippen molar-refractivity contribution in [3.8, 4) is 5.75 Å². The van der Waals surface area contributed by atoms with E-state index in [0.717, 1.165) is 19.3 Å². The lowest BCUT2D eigenvalue weighted by Crippen LogP contribution is -2.19. The number of nitrogens with zero attached hydrogens (tertiary/aromatic N) is 2. The summed E-state index contributed by atoms with van der Waals surface area (Å²) in [6, 6.07) is 0.173. The maximum Gasteiger partial charge on any atom is 0.187 e. The molecule has 1 aliphatic carbocycles. The van der Waals surface area contributed by atoms with Crippen molar-refractivity contribution in [2.45, 2.75) is 46.1 Å². The van der Waals surface area contributed by atoms with Gasteiger partial charge in [0, 0.05) is 12.0 Å². The summed E-state index contributed by atoms with van der Waals surface area (Å²) < 4.78 is 7.06. The van der Waals surface area contributed by atoms with E-state index in [1.807, 2.05) is 13.8 Å². The van der Waals surface area contributed by atoms with Crippen LogP contribution in [0.4, 0.5) is 0 Å². The molecule has 0 N–H and O–H groups in total. The molecule has 0 radical (unpaired) electrons. The van der Waals surface area contributed by atoms with E-state index in [9.17, 15) is 4.79 Å². The minimum atomic E-state index is 0.142. The molecule has 0 bridgehead atoms. The van der Waals surface area contributed by atoms with Gasteiger partial charge >= 0.3 is 0 Å². The van der Waals surface area contributed by atoms with Gasteiger partial charge in [-0.25, -0.2) is 0 Å². The van der Waals surface area contributed by atoms with E-state index in [1.165, 1.54) is 0 Å². The fourth-order valence-corrected chi connectivity index (χ4v) is 2.76. The van der Waals surface area contributed by atoms with Gasteiger partial charge in [0.05, 0.1) is 13.3 Å². The summed E-state index contributed by atoms with van der Waals surface area (Å²) in [6.45, 7) is 6.27. The zero-order chi connectivity index (χ0) is 13.3. The van der Waals surface area contributed by atoms with E-state index >= 15 is 0 Å². The predicted molar refractivity (Wildman–Crippen MR) is 70.0 cm³/mol. The number of carbonyl (C=O) groups excluding carboxylic acids is 1. The highest BCUT2D eigenvalue weighted by atomic mass is 16.5. The van der Waals surface area contributed by atoms with Gasteiger partial charge in [-0.3, -0.25) is 9.48 Å². The van der Waals surface area contributed by atoms with E-state index < -0.39 is 0 Å². The Bertz CT molecular complexity index is 437. The molecule has 0 aromatic carbocycles. The number of hydrogen-bond donors (Lipinski definition) is 0. The van der Waals surface area contributed by atoms with Crippen molar-refractivity contribution in [3.05, 3.63) is 11.9 Å². The van der Waals surface area contributed by atoms with Crippen molar-refractivity contribution in [2.24, 2.45) is 11.8 Å². The lowest BCUT2D eigenvalue weighted by Gasteiger charge is -2.14. The first kappa shape index (κ1) is 13.1. The van der Waals surface area contributed by atoms with Crippen molar-refractivity contribution >= 4 is 5.78 Å². The highest BCUT2D eigenvalue weighted by Gasteiger charge is 2.32. The van der Waals surface area contributed by atoms with Crippen molar-refractivity contribution < 1.29 is 9.53 Å². The van der Waals surface area contributed by atoms with Crippen molar-refractivity contribution in [1.29, 1.82) is 0 Å². The van der Waals surface area contributed by atoms with Crippen LogP contribution in [-0.2, 0) is 0 Å². The SMILES string of the molecule is COc1cnn(C(C)C)c1C(=O)C1CCC(C)C1. The fraction of sp³-hybridized carbons (Fsp3) is 0.714. The number of carbonyl (C=O) groups is 1. The molecule has 4 heteroatoms. The Labute approximate surface area is 108 Å². The second kappa shape index (κ2) is 5.12. The summed E-state index contributed by atoms with van der Waals surface area (Å²) in [7, 11) is 1.59. The van der Waals surface area contributed by atoms with Crippen molar-refractivity contribution in [3.63, 3.8) is 0 Å². The first-order chi connectivity index (χ1) is 8.54. The summed E-state index contributed by atoms with van der Waals surface area (Å²) >= 11 is 0. The highest BCUT2D eigenvalue weighted by molar-refractivity contribution is 5.98. The normalized spacial score (nSPS) is 23.6. The Kier molecular flexibility index (Phi) is 3.73. The molecule has 1 aromatic heterocycles. The molecule has 0 amide bonds. The zero-order valence-corrected chi connectivity index (χ0v) is 11.6. The topological polar surface area (TPSA) is 44.1 Å². The van der Waals surface area contributed by atoms with E-state index in [4.69, 9.17) is 4.74 Å². The summed E-state index contributed by atoms with van der Waals surface area (Å²) in [5.41, 5.74) is 0.645. The molecule has 2 rings (SSSR count). The van der Waals surface area contributed by atoms with Crippen LogP contribution in [0.15, 0.2) is 6.20 Å². The quantitative estimate of drug-likeness (QED) is 0.771. The van der Waals surface area contributed by atoms with Crippen LogP contribution in [0.3, 0.4) is 0 Å². The first-order valence-corrected chi connectivity index (χ1v) is 6.70. The van der Waals surface area contributed by atoms with Crippen LogP contribution in [0.2, 0.25) is 0 Å². The second-order valence-electron chi connectivity index (χ2n) is 5.58. The van der Waals surface area contributed by atoms with Crippen LogP contribution in [0.5, 0.6) is 5.75 Å². The van der Waals surface area contributed by atoms with Crippen molar-refractivity contribution in [2.75, 3.05) is 7.11 Å². The minimum absolute atomic E-state index is 0.142. The molecule has 4 nitrogen and oxygen atoms in total. The number of ketones is 1. The van der Waals surface area contributed by atoms with Crippen LogP contribution in [0.1, 0.15) is 56.6 Å². The Balaban J connectivity index is 2.31. The Morgan fingerprint density at radius 2 is 2.22 bits per heavy atom. The monoisotopic (exact) mass is 250 g/mol. The van der Waals surface area contributed by atoms with Gasteiger partial charge in [0.2, 0.25) is 0 Å². The summed E-state index contributed by atoms with van der Waals surface area (Å²) in [6.07, 6.45) is 4.78. The molecule has 100 valence electrons. The second-order valence-corrected chi connectivity index (χ2v) is 5.58. The smallest absolute Gasteiger partial charge is 0.187 e. The van der Waals surface area contributed by atoms with Gasteiger partial charge in [0.25, 0.3) is 0 Å². The molecule has 1 fully saturated rings. The van der Waals surface area contributed by atoms with Gasteiger partial charge in [-0.1, -0.05) is 6.92 Å². The minimum Gasteiger partial charge on any atom is -0.493 e. The molecule has 1 heterocycles. The molecule has 0 aliphatic heterocycles. The largest absolute Gasteiger partial charge is 0.493 e. The van der Waals surface area contributed by atoms with Gasteiger partial charge in [0.1, 0.15) is 5.69 Å². The molecular formula is C14H22N2O2. The number of methoxy groups -OCH3 is 1. The van der Waals surface area contributed by atoms with Gasteiger partial charge in [0.15, 0.2) is 11.5 Å². The third-order valence-corrected chi connectivity index (χ3v) is 3.77. The molecule has 1 aromatic rings. The van der Waals surface area contributed by atoms with Crippen LogP contribution in [-0.4, -0.2) is 22.7 Å². The summed E-state index contributed by atoms with van der Waals surface area (Å²) in [5, 5.41) is 4.27. The van der Waals surface area contributed by atoms with E-state index in [-0.39, 0.29) is 17.7 Å². The molecule has 18 heavy (non-hydrogen) atoms. The number of rotatable bonds is 4. The number of Topliss-reactive ketones (excluding diaryl/α,β-unsaturated/α-hetero) is 1. The summed E-state index contributed by atoms with van der Waals surface area (Å²) in [4.78, 5) is 12.6. The lowest BCUT2D eigenvalue weighted by atomic mass is 9.98. The molecule has 0 saturated heterocycles. The van der Waals surface area contributed by atoms with Crippen LogP contribution >= 0.6 is 0 Å². The average Bonchev–Trinajstić information content (AvgIpc) is 2.93. The zero-order valence-electron chi connectivity index (χ0n) is 11.6. The highest BCUT2D eigenvalue weighted by Crippen LogP contribution is 2.35. The molecule has 2 unspecified atom stereocenters. The Morgan fingerprint density at radius 1 is 1.50 bits per heavy atom. The third-order valence-electron chi connectivity index (χ3n) is 3.77. The van der Waals surface area contributed by atoms with Gasteiger partial charge in [-0.05, 0) is 39.0 Å². The van der Waals surface area contributed by atoms with E-state index in [0.29, 0.717) is 17.4 Å². The van der Waals surface area contributed by atoms with E-state index in [2.05, 4.69) is 12.0 Å². The average molecular weight is 250 g/mol. The van der Waals surface area contributed by atoms with Crippen LogP contribution in [0, 0.1) is 11.8 Å². The van der Waals surface area contributed by atoms with Gasteiger partial charge < -0.3 is 4.74 Å². The third kappa shape index (κ3) is 2.28. The molecule has 1 aliphatic rings. The maximum atomic E-state index is 12.6. The van der Waals surface area contributed by atoms with Crippen molar-refractivity contribution in [1.82, 2.24) is 9.78 Å². The standard InChI is InChI=1S/C14H22N2O2/c1-9(2)16-13(12(18-4)8-15-16)14(17)11-6-5-10(3)7-11/h8-11H,5-7H2,1-4H3. The first-order valence-electron chi connectivity index (χ1n) is 6.70. The predicted octanol–water partition coefficient (Wildman–Crippen LogP) is 3.09. The molecule has 0 spiro atoms. The van der Waals surface area contributed by atoms with E-state index in [1.54, 1.807) is 18.0 Å². The Morgan fingerprint density at radius 3 is 2.72 bits per heavy atom.